The molecule has 2 aliphatic rings. The van der Waals surface area contributed by atoms with E-state index in [4.69, 9.17) is 9.47 Å². The molecule has 0 radical (unpaired) electrons. The standard InChI is InChI=1S/C29H44O6/c1-19-15-20(2)29(35-28(33)14-9-7-6-8-13-27(34-5)21(19)3)22(4)26(32)12-10-11-23-16-24(30)18-25(31)17-23/h8,13,15,19,21-23,27,29H,6-7,9-12,14,16-18H2,1-5H3/b13-8+,20-15-/t19-,21+,22-,27+,29+/m1/s1. The van der Waals surface area contributed by atoms with Crippen LogP contribution in [0.15, 0.2) is 23.8 Å². The minimum Gasteiger partial charge on any atom is -0.457 e. The Morgan fingerprint density at radius 3 is 2.49 bits per heavy atom. The molecule has 196 valence electrons. The Morgan fingerprint density at radius 1 is 1.14 bits per heavy atom. The number of cyclic esters (lactones) is 1. The molecule has 6 nitrogen and oxygen atoms in total. The Labute approximate surface area is 210 Å². The third-order valence-electron chi connectivity index (χ3n) is 7.60. The topological polar surface area (TPSA) is 86.7 Å². The molecule has 0 aromatic rings. The monoisotopic (exact) mass is 488 g/mol. The lowest BCUT2D eigenvalue weighted by molar-refractivity contribution is -0.151. The smallest absolute Gasteiger partial charge is 0.306 e. The maximum Gasteiger partial charge on any atom is 0.306 e. The van der Waals surface area contributed by atoms with Crippen molar-refractivity contribution in [3.8, 4) is 0 Å². The number of ketones is 3. The van der Waals surface area contributed by atoms with E-state index in [1.807, 2.05) is 13.8 Å². The third kappa shape index (κ3) is 9.47. The Kier molecular flexibility index (Phi) is 12.1. The number of Topliss-reactive ketones (excluding diaryl/α,β-unsaturated/α-hetero) is 3. The molecule has 2 rings (SSSR count). The fraction of sp³-hybridized carbons (Fsp3) is 0.724. The molecule has 0 aromatic carbocycles. The van der Waals surface area contributed by atoms with Gasteiger partial charge in [-0.2, -0.15) is 0 Å². The molecule has 1 fully saturated rings. The first-order valence-corrected chi connectivity index (χ1v) is 13.3. The van der Waals surface area contributed by atoms with E-state index in [0.29, 0.717) is 38.5 Å². The van der Waals surface area contributed by atoms with Crippen LogP contribution in [-0.4, -0.2) is 42.6 Å². The van der Waals surface area contributed by atoms with Gasteiger partial charge in [-0.3, -0.25) is 19.2 Å². The van der Waals surface area contributed by atoms with Crippen LogP contribution in [0, 0.1) is 23.7 Å². The lowest BCUT2D eigenvalue weighted by Crippen LogP contribution is -2.33. The largest absolute Gasteiger partial charge is 0.457 e. The number of hydrogen-bond acceptors (Lipinski definition) is 6. The number of hydrogen-bond donors (Lipinski definition) is 0. The number of ether oxygens (including phenoxy) is 2. The zero-order chi connectivity index (χ0) is 26.0. The van der Waals surface area contributed by atoms with Crippen molar-refractivity contribution in [1.29, 1.82) is 0 Å². The van der Waals surface area contributed by atoms with Crippen LogP contribution in [0.1, 0.15) is 91.9 Å². The van der Waals surface area contributed by atoms with Crippen molar-refractivity contribution >= 4 is 23.3 Å². The normalized spacial score (nSPS) is 31.1. The van der Waals surface area contributed by atoms with Gasteiger partial charge in [0.15, 0.2) is 0 Å². The molecule has 1 saturated carbocycles. The summed E-state index contributed by atoms with van der Waals surface area (Å²) < 4.78 is 11.6. The Bertz CT molecular complexity index is 794. The average Bonchev–Trinajstić information content (AvgIpc) is 2.79. The highest BCUT2D eigenvalue weighted by molar-refractivity contribution is 6.01. The molecule has 0 saturated heterocycles. The molecule has 5 atom stereocenters. The van der Waals surface area contributed by atoms with Gasteiger partial charge in [-0.15, -0.1) is 0 Å². The summed E-state index contributed by atoms with van der Waals surface area (Å²) in [6, 6.07) is 0. The first-order valence-electron chi connectivity index (χ1n) is 13.3. The van der Waals surface area contributed by atoms with Crippen LogP contribution in [0.5, 0.6) is 0 Å². The summed E-state index contributed by atoms with van der Waals surface area (Å²) in [5.41, 5.74) is 0.887. The molecular formula is C29H44O6. The van der Waals surface area contributed by atoms with E-state index in [1.165, 1.54) is 0 Å². The van der Waals surface area contributed by atoms with Gasteiger partial charge in [-0.05, 0) is 62.4 Å². The molecular weight excluding hydrogens is 444 g/mol. The zero-order valence-corrected chi connectivity index (χ0v) is 22.2. The summed E-state index contributed by atoms with van der Waals surface area (Å²) in [5, 5.41) is 0. The van der Waals surface area contributed by atoms with Crippen molar-refractivity contribution in [1.82, 2.24) is 0 Å². The van der Waals surface area contributed by atoms with Crippen LogP contribution in [0.3, 0.4) is 0 Å². The molecule has 1 aliphatic carbocycles. The fourth-order valence-electron chi connectivity index (χ4n) is 5.23. The van der Waals surface area contributed by atoms with Crippen LogP contribution >= 0.6 is 0 Å². The Balaban J connectivity index is 2.09. The van der Waals surface area contributed by atoms with E-state index in [9.17, 15) is 19.2 Å². The van der Waals surface area contributed by atoms with Gasteiger partial charge in [0.2, 0.25) is 0 Å². The number of carbonyl (C=O) groups is 4. The van der Waals surface area contributed by atoms with Crippen molar-refractivity contribution in [2.24, 2.45) is 23.7 Å². The number of esters is 1. The van der Waals surface area contributed by atoms with Gasteiger partial charge in [-0.25, -0.2) is 0 Å². The van der Waals surface area contributed by atoms with E-state index >= 15 is 0 Å². The predicted octanol–water partition coefficient (Wildman–Crippen LogP) is 5.58. The highest BCUT2D eigenvalue weighted by Gasteiger charge is 2.31. The quantitative estimate of drug-likeness (QED) is 0.264. The summed E-state index contributed by atoms with van der Waals surface area (Å²) in [4.78, 5) is 49.1. The van der Waals surface area contributed by atoms with Gasteiger partial charge in [0.1, 0.15) is 23.5 Å². The molecule has 0 spiro atoms. The van der Waals surface area contributed by atoms with E-state index in [1.54, 1.807) is 7.11 Å². The SMILES string of the molecule is CO[C@H]1/C=C/CCCCC(=O)O[C@H]([C@H](C)C(=O)CCCC2CC(=O)CC(=O)C2)/C(C)=C\[C@@H](C)[C@@H]1C. The van der Waals surface area contributed by atoms with Gasteiger partial charge in [0, 0.05) is 32.8 Å². The molecule has 0 aromatic heterocycles. The van der Waals surface area contributed by atoms with E-state index in [2.05, 4.69) is 32.1 Å². The average molecular weight is 489 g/mol. The van der Waals surface area contributed by atoms with Crippen LogP contribution in [0.4, 0.5) is 0 Å². The molecule has 1 heterocycles. The number of rotatable bonds is 7. The van der Waals surface area contributed by atoms with Crippen molar-refractivity contribution in [2.75, 3.05) is 7.11 Å². The summed E-state index contributed by atoms with van der Waals surface area (Å²) >= 11 is 0. The lowest BCUT2D eigenvalue weighted by atomic mass is 9.82. The second kappa shape index (κ2) is 14.5. The van der Waals surface area contributed by atoms with Gasteiger partial charge >= 0.3 is 5.97 Å². The maximum absolute atomic E-state index is 13.1. The van der Waals surface area contributed by atoms with Crippen molar-refractivity contribution in [3.63, 3.8) is 0 Å². The Morgan fingerprint density at radius 2 is 1.83 bits per heavy atom. The summed E-state index contributed by atoms with van der Waals surface area (Å²) in [6.07, 6.45) is 11.2. The minimum absolute atomic E-state index is 0.00408. The van der Waals surface area contributed by atoms with Crippen LogP contribution in [-0.2, 0) is 28.7 Å². The molecule has 0 N–H and O–H groups in total. The summed E-state index contributed by atoms with van der Waals surface area (Å²) in [7, 11) is 1.72. The highest BCUT2D eigenvalue weighted by atomic mass is 16.5. The lowest BCUT2D eigenvalue weighted by Gasteiger charge is -2.28. The van der Waals surface area contributed by atoms with E-state index < -0.39 is 12.0 Å². The second-order valence-corrected chi connectivity index (χ2v) is 10.6. The first-order chi connectivity index (χ1) is 16.6. The van der Waals surface area contributed by atoms with Crippen molar-refractivity contribution in [2.45, 2.75) is 104 Å². The van der Waals surface area contributed by atoms with E-state index in [-0.39, 0.29) is 53.6 Å². The molecule has 0 bridgehead atoms. The predicted molar refractivity (Wildman–Crippen MR) is 136 cm³/mol. The number of methoxy groups -OCH3 is 1. The Hall–Kier alpha value is -2.08. The zero-order valence-electron chi connectivity index (χ0n) is 22.2. The van der Waals surface area contributed by atoms with Gasteiger partial charge in [0.05, 0.1) is 18.4 Å². The van der Waals surface area contributed by atoms with Crippen molar-refractivity contribution < 1.29 is 28.7 Å². The third-order valence-corrected chi connectivity index (χ3v) is 7.60. The van der Waals surface area contributed by atoms with Crippen LogP contribution in [0.2, 0.25) is 0 Å². The summed E-state index contributed by atoms with van der Waals surface area (Å²) in [5.74, 6) is -0.235. The van der Waals surface area contributed by atoms with Crippen LogP contribution < -0.4 is 0 Å². The summed E-state index contributed by atoms with van der Waals surface area (Å²) in [6.45, 7) is 8.05. The van der Waals surface area contributed by atoms with E-state index in [0.717, 1.165) is 24.8 Å². The first kappa shape index (κ1) is 29.2. The van der Waals surface area contributed by atoms with Gasteiger partial charge in [0.25, 0.3) is 0 Å². The van der Waals surface area contributed by atoms with Crippen molar-refractivity contribution in [3.05, 3.63) is 23.8 Å². The second-order valence-electron chi connectivity index (χ2n) is 10.6. The highest BCUT2D eigenvalue weighted by Crippen LogP contribution is 2.28. The molecule has 0 unspecified atom stereocenters. The van der Waals surface area contributed by atoms with Gasteiger partial charge < -0.3 is 9.47 Å². The molecule has 1 aliphatic heterocycles. The number of allylic oxidation sites excluding steroid dienone is 2. The molecule has 0 amide bonds. The van der Waals surface area contributed by atoms with Crippen LogP contribution in [0.25, 0.3) is 0 Å². The van der Waals surface area contributed by atoms with Gasteiger partial charge in [-0.1, -0.05) is 39.0 Å². The molecule has 35 heavy (non-hydrogen) atoms. The fourth-order valence-corrected chi connectivity index (χ4v) is 5.23. The number of carbonyl (C=O) groups excluding carboxylic acids is 4. The molecule has 6 heteroatoms. The maximum atomic E-state index is 13.1. The minimum atomic E-state index is -0.595.